The summed E-state index contributed by atoms with van der Waals surface area (Å²) in [5.41, 5.74) is 2.72. The second kappa shape index (κ2) is 11.4. The summed E-state index contributed by atoms with van der Waals surface area (Å²) in [7, 11) is -7.83. The summed E-state index contributed by atoms with van der Waals surface area (Å²) < 4.78 is 57.0. The molecule has 214 valence electrons. The smallest absolute Gasteiger partial charge is 0.244 e. The van der Waals surface area contributed by atoms with Gasteiger partial charge in [0, 0.05) is 25.3 Å². The number of benzene rings is 4. The quantitative estimate of drug-likeness (QED) is 0.313. The molecule has 4 aromatic rings. The van der Waals surface area contributed by atoms with Crippen molar-refractivity contribution in [3.05, 3.63) is 102 Å². The Labute approximate surface area is 241 Å². The lowest BCUT2D eigenvalue weighted by Gasteiger charge is -2.35. The van der Waals surface area contributed by atoms with Crippen molar-refractivity contribution in [2.24, 2.45) is 0 Å². The number of carbonyl (C=O) groups excluding carboxylic acids is 1. The number of anilines is 1. The number of nitrogens with zero attached hydrogens (tertiary/aromatic N) is 2. The first kappa shape index (κ1) is 28.9. The van der Waals surface area contributed by atoms with Crippen LogP contribution in [0.5, 0.6) is 0 Å². The number of hydrogen-bond donors (Lipinski definition) is 1. The minimum Gasteiger partial charge on any atom is -0.324 e. The maximum atomic E-state index is 14.1. The molecule has 1 atom stereocenters. The number of rotatable bonds is 8. The molecule has 41 heavy (non-hydrogen) atoms. The lowest BCUT2D eigenvalue weighted by atomic mass is 9.95. The summed E-state index contributed by atoms with van der Waals surface area (Å²) in [5.74, 6) is -0.524. The van der Waals surface area contributed by atoms with Crippen LogP contribution in [0.4, 0.5) is 5.69 Å². The van der Waals surface area contributed by atoms with Crippen LogP contribution in [0.1, 0.15) is 30.5 Å². The molecule has 4 aromatic carbocycles. The molecule has 0 aromatic heterocycles. The van der Waals surface area contributed by atoms with Crippen molar-refractivity contribution >= 4 is 42.4 Å². The normalized spacial score (nSPS) is 16.0. The molecule has 0 aliphatic carbocycles. The van der Waals surface area contributed by atoms with E-state index in [2.05, 4.69) is 5.32 Å². The Morgan fingerprint density at radius 2 is 1.46 bits per heavy atom. The van der Waals surface area contributed by atoms with Gasteiger partial charge >= 0.3 is 0 Å². The lowest BCUT2D eigenvalue weighted by Crippen LogP contribution is -2.50. The van der Waals surface area contributed by atoms with E-state index in [1.807, 2.05) is 48.5 Å². The van der Waals surface area contributed by atoms with E-state index in [0.717, 1.165) is 21.9 Å². The average Bonchev–Trinajstić information content (AvgIpc) is 2.97. The second-order valence-electron chi connectivity index (χ2n) is 10.1. The molecule has 0 saturated carbocycles. The highest BCUT2D eigenvalue weighted by Gasteiger charge is 2.40. The highest BCUT2D eigenvalue weighted by molar-refractivity contribution is 7.89. The van der Waals surface area contributed by atoms with E-state index in [-0.39, 0.29) is 22.8 Å². The molecule has 1 N–H and O–H groups in total. The highest BCUT2D eigenvalue weighted by atomic mass is 32.2. The first-order chi connectivity index (χ1) is 19.6. The van der Waals surface area contributed by atoms with Gasteiger partial charge in [-0.15, -0.1) is 0 Å². The number of fused-ring (bicyclic) bond motifs is 2. The molecule has 0 spiro atoms. The van der Waals surface area contributed by atoms with Gasteiger partial charge < -0.3 is 5.32 Å². The number of amides is 1. The Hall–Kier alpha value is -3.57. The third-order valence-electron chi connectivity index (χ3n) is 7.65. The number of aryl methyl sites for hydroxylation is 1. The summed E-state index contributed by atoms with van der Waals surface area (Å²) in [6.07, 6.45) is 0.186. The van der Waals surface area contributed by atoms with Gasteiger partial charge in [0.15, 0.2) is 0 Å². The number of carbonyl (C=O) groups is 1. The molecule has 1 aliphatic rings. The van der Waals surface area contributed by atoms with E-state index < -0.39 is 32.0 Å². The fourth-order valence-electron chi connectivity index (χ4n) is 5.26. The predicted molar refractivity (Wildman–Crippen MR) is 161 cm³/mol. The van der Waals surface area contributed by atoms with Crippen LogP contribution in [0.25, 0.3) is 10.8 Å². The largest absolute Gasteiger partial charge is 0.324 e. The molecular weight excluding hydrogens is 558 g/mol. The van der Waals surface area contributed by atoms with Crippen LogP contribution in [0.3, 0.4) is 0 Å². The van der Waals surface area contributed by atoms with Gasteiger partial charge in [-0.3, -0.25) is 4.79 Å². The summed E-state index contributed by atoms with van der Waals surface area (Å²) >= 11 is 0. The van der Waals surface area contributed by atoms with E-state index in [1.54, 1.807) is 45.0 Å². The Bertz CT molecular complexity index is 1830. The van der Waals surface area contributed by atoms with Crippen LogP contribution < -0.4 is 5.32 Å². The molecular formula is C31H33N3O5S2. The van der Waals surface area contributed by atoms with Gasteiger partial charge in [-0.05, 0) is 65.1 Å². The van der Waals surface area contributed by atoms with E-state index >= 15 is 0 Å². The SMILES string of the molecule is CCN(CC)S(=O)(=O)c1ccc(C)c(NC(=O)[C@@H]2Cc3ccccc3CN2S(=O)(=O)c2ccc3ccccc3c2)c1. The predicted octanol–water partition coefficient (Wildman–Crippen LogP) is 4.93. The summed E-state index contributed by atoms with van der Waals surface area (Å²) in [6.45, 7) is 5.98. The van der Waals surface area contributed by atoms with Crippen molar-refractivity contribution in [1.29, 1.82) is 0 Å². The topological polar surface area (TPSA) is 104 Å². The first-order valence-electron chi connectivity index (χ1n) is 13.6. The lowest BCUT2D eigenvalue weighted by molar-refractivity contribution is -0.120. The van der Waals surface area contributed by atoms with Crippen LogP contribution in [0, 0.1) is 6.92 Å². The third kappa shape index (κ3) is 5.52. The summed E-state index contributed by atoms with van der Waals surface area (Å²) in [4.78, 5) is 14.0. The fourth-order valence-corrected chi connectivity index (χ4v) is 8.35. The van der Waals surface area contributed by atoms with Crippen LogP contribution in [0.15, 0.2) is 94.7 Å². The molecule has 1 aliphatic heterocycles. The van der Waals surface area contributed by atoms with Crippen molar-refractivity contribution in [1.82, 2.24) is 8.61 Å². The summed E-state index contributed by atoms with van der Waals surface area (Å²) in [5, 5.41) is 4.56. The van der Waals surface area contributed by atoms with Crippen molar-refractivity contribution < 1.29 is 21.6 Å². The molecule has 5 rings (SSSR count). The highest BCUT2D eigenvalue weighted by Crippen LogP contribution is 2.32. The maximum absolute atomic E-state index is 14.1. The van der Waals surface area contributed by atoms with Crippen molar-refractivity contribution in [2.75, 3.05) is 18.4 Å². The van der Waals surface area contributed by atoms with Gasteiger partial charge in [-0.2, -0.15) is 8.61 Å². The van der Waals surface area contributed by atoms with E-state index in [9.17, 15) is 21.6 Å². The van der Waals surface area contributed by atoms with Crippen LogP contribution >= 0.6 is 0 Å². The Kier molecular flexibility index (Phi) is 8.02. The van der Waals surface area contributed by atoms with Crippen molar-refractivity contribution in [3.8, 4) is 0 Å². The zero-order chi connectivity index (χ0) is 29.4. The van der Waals surface area contributed by atoms with E-state index in [1.165, 1.54) is 20.7 Å². The molecule has 0 radical (unpaired) electrons. The molecule has 0 fully saturated rings. The first-order valence-corrected chi connectivity index (χ1v) is 16.4. The molecule has 10 heteroatoms. The van der Waals surface area contributed by atoms with Gasteiger partial charge in [0.25, 0.3) is 0 Å². The molecule has 8 nitrogen and oxygen atoms in total. The number of hydrogen-bond acceptors (Lipinski definition) is 5. The standard InChI is InChI=1S/C31H33N3O5S2/c1-4-33(5-2)40(36,37)28-16-14-22(3)29(20-28)32-31(35)30-19-25-12-8-9-13-26(25)21-34(30)41(38,39)27-17-15-23-10-6-7-11-24(23)18-27/h6-18,20,30H,4-5,19,21H2,1-3H3,(H,32,35)/t30-/m0/s1. The second-order valence-corrected chi connectivity index (χ2v) is 13.9. The van der Waals surface area contributed by atoms with Crippen LogP contribution in [-0.2, 0) is 37.8 Å². The Balaban J connectivity index is 1.52. The van der Waals surface area contributed by atoms with Crippen molar-refractivity contribution in [2.45, 2.75) is 49.6 Å². The van der Waals surface area contributed by atoms with Crippen LogP contribution in [-0.4, -0.2) is 50.5 Å². The average molecular weight is 592 g/mol. The van der Waals surface area contributed by atoms with Gasteiger partial charge in [0.05, 0.1) is 9.79 Å². The van der Waals surface area contributed by atoms with Crippen LogP contribution in [0.2, 0.25) is 0 Å². The van der Waals surface area contributed by atoms with E-state index in [4.69, 9.17) is 0 Å². The third-order valence-corrected chi connectivity index (χ3v) is 11.5. The van der Waals surface area contributed by atoms with E-state index in [0.29, 0.717) is 24.3 Å². The zero-order valence-corrected chi connectivity index (χ0v) is 24.9. The zero-order valence-electron chi connectivity index (χ0n) is 23.2. The van der Waals surface area contributed by atoms with Gasteiger partial charge in [-0.25, -0.2) is 16.8 Å². The molecule has 1 heterocycles. The maximum Gasteiger partial charge on any atom is 0.244 e. The van der Waals surface area contributed by atoms with Gasteiger partial charge in [-0.1, -0.05) is 74.5 Å². The van der Waals surface area contributed by atoms with Gasteiger partial charge in [0.1, 0.15) is 6.04 Å². The Morgan fingerprint density at radius 3 is 2.17 bits per heavy atom. The molecule has 0 saturated heterocycles. The minimum absolute atomic E-state index is 0.0405. The Morgan fingerprint density at radius 1 is 0.829 bits per heavy atom. The van der Waals surface area contributed by atoms with Crippen molar-refractivity contribution in [3.63, 3.8) is 0 Å². The molecule has 0 unspecified atom stereocenters. The number of sulfonamides is 2. The molecule has 0 bridgehead atoms. The fraction of sp³-hybridized carbons (Fsp3) is 0.258. The number of nitrogens with one attached hydrogen (secondary N) is 1. The molecule has 1 amide bonds. The minimum atomic E-state index is -4.07. The van der Waals surface area contributed by atoms with Gasteiger partial charge in [0.2, 0.25) is 26.0 Å². The monoisotopic (exact) mass is 591 g/mol. The summed E-state index contributed by atoms with van der Waals surface area (Å²) in [6, 6.07) is 23.5.